The Hall–Kier alpha value is -0.570. The third-order valence-electron chi connectivity index (χ3n) is 3.96. The lowest BCUT2D eigenvalue weighted by molar-refractivity contribution is -0.122. The molecule has 1 aliphatic carbocycles. The first kappa shape index (κ1) is 16.5. The Morgan fingerprint density at radius 1 is 1.00 bits per heavy atom. The summed E-state index contributed by atoms with van der Waals surface area (Å²) in [7, 11) is 0. The Morgan fingerprint density at radius 3 is 2.11 bits per heavy atom. The normalized spacial score (nSPS) is 17.4. The molecule has 0 aromatic heterocycles. The van der Waals surface area contributed by atoms with Crippen LogP contribution >= 0.6 is 0 Å². The van der Waals surface area contributed by atoms with E-state index in [-0.39, 0.29) is 5.91 Å². The van der Waals surface area contributed by atoms with Crippen LogP contribution in [0.15, 0.2) is 0 Å². The van der Waals surface area contributed by atoms with Crippen molar-refractivity contribution in [2.45, 2.75) is 77.7 Å². The fourth-order valence-electron chi connectivity index (χ4n) is 2.95. The molecule has 0 atom stereocenters. The molecule has 1 N–H and O–H groups in total. The van der Waals surface area contributed by atoms with Crippen LogP contribution in [-0.4, -0.2) is 36.5 Å². The SMILES string of the molecule is CCCN(CCC)CCC(=O)NC1CCCCCC1. The minimum absolute atomic E-state index is 0.254. The molecule has 0 spiro atoms. The second-order valence-electron chi connectivity index (χ2n) is 5.85. The summed E-state index contributed by atoms with van der Waals surface area (Å²) in [6.45, 7) is 7.55. The minimum atomic E-state index is 0.254. The monoisotopic (exact) mass is 268 g/mol. The fourth-order valence-corrected chi connectivity index (χ4v) is 2.95. The molecule has 1 aliphatic rings. The lowest BCUT2D eigenvalue weighted by Gasteiger charge is -2.22. The molecule has 3 nitrogen and oxygen atoms in total. The maximum absolute atomic E-state index is 12.0. The second kappa shape index (κ2) is 10.2. The van der Waals surface area contributed by atoms with E-state index in [2.05, 4.69) is 24.1 Å². The Kier molecular flexibility index (Phi) is 8.89. The Labute approximate surface area is 119 Å². The highest BCUT2D eigenvalue weighted by Crippen LogP contribution is 2.17. The van der Waals surface area contributed by atoms with Crippen molar-refractivity contribution in [3.05, 3.63) is 0 Å². The third-order valence-corrected chi connectivity index (χ3v) is 3.96. The van der Waals surface area contributed by atoms with Gasteiger partial charge in [0.15, 0.2) is 0 Å². The van der Waals surface area contributed by atoms with Gasteiger partial charge in [-0.25, -0.2) is 0 Å². The van der Waals surface area contributed by atoms with Crippen LogP contribution < -0.4 is 5.32 Å². The largest absolute Gasteiger partial charge is 0.353 e. The third kappa shape index (κ3) is 7.56. The van der Waals surface area contributed by atoms with Gasteiger partial charge in [0.25, 0.3) is 0 Å². The van der Waals surface area contributed by atoms with E-state index in [0.717, 1.165) is 19.6 Å². The van der Waals surface area contributed by atoms with Crippen LogP contribution in [0, 0.1) is 0 Å². The van der Waals surface area contributed by atoms with Gasteiger partial charge in [0.1, 0.15) is 0 Å². The van der Waals surface area contributed by atoms with Gasteiger partial charge in [-0.2, -0.15) is 0 Å². The Bertz CT molecular complexity index is 229. The van der Waals surface area contributed by atoms with Crippen LogP contribution in [0.25, 0.3) is 0 Å². The van der Waals surface area contributed by atoms with Gasteiger partial charge in [-0.15, -0.1) is 0 Å². The van der Waals surface area contributed by atoms with Crippen LogP contribution in [0.5, 0.6) is 0 Å². The van der Waals surface area contributed by atoms with Crippen LogP contribution in [-0.2, 0) is 4.79 Å². The lowest BCUT2D eigenvalue weighted by atomic mass is 10.1. The summed E-state index contributed by atoms with van der Waals surface area (Å²) >= 11 is 0. The van der Waals surface area contributed by atoms with Gasteiger partial charge < -0.3 is 10.2 Å². The molecule has 0 radical (unpaired) electrons. The van der Waals surface area contributed by atoms with E-state index < -0.39 is 0 Å². The van der Waals surface area contributed by atoms with E-state index in [9.17, 15) is 4.79 Å². The molecular weight excluding hydrogens is 236 g/mol. The number of carbonyl (C=O) groups is 1. The summed E-state index contributed by atoms with van der Waals surface area (Å²) in [6, 6.07) is 0.445. The zero-order valence-corrected chi connectivity index (χ0v) is 12.9. The van der Waals surface area contributed by atoms with Crippen molar-refractivity contribution >= 4 is 5.91 Å². The van der Waals surface area contributed by atoms with Gasteiger partial charge >= 0.3 is 0 Å². The maximum atomic E-state index is 12.0. The number of hydrogen-bond acceptors (Lipinski definition) is 2. The lowest BCUT2D eigenvalue weighted by Crippen LogP contribution is -2.37. The van der Waals surface area contributed by atoms with Gasteiger partial charge in [-0.05, 0) is 38.8 Å². The summed E-state index contributed by atoms with van der Waals surface area (Å²) in [5.41, 5.74) is 0. The highest BCUT2D eigenvalue weighted by molar-refractivity contribution is 5.76. The van der Waals surface area contributed by atoms with Crippen molar-refractivity contribution in [2.75, 3.05) is 19.6 Å². The number of carbonyl (C=O) groups excluding carboxylic acids is 1. The average molecular weight is 268 g/mol. The quantitative estimate of drug-likeness (QED) is 0.685. The molecule has 1 rings (SSSR count). The van der Waals surface area contributed by atoms with Crippen molar-refractivity contribution in [3.63, 3.8) is 0 Å². The molecule has 1 amide bonds. The molecule has 0 unspecified atom stereocenters. The number of hydrogen-bond donors (Lipinski definition) is 1. The van der Waals surface area contributed by atoms with E-state index >= 15 is 0 Å². The predicted molar refractivity (Wildman–Crippen MR) is 81.3 cm³/mol. The highest BCUT2D eigenvalue weighted by Gasteiger charge is 2.15. The van der Waals surface area contributed by atoms with Crippen molar-refractivity contribution in [1.82, 2.24) is 10.2 Å². The van der Waals surface area contributed by atoms with E-state index in [1.54, 1.807) is 0 Å². The minimum Gasteiger partial charge on any atom is -0.353 e. The van der Waals surface area contributed by atoms with Gasteiger partial charge in [-0.1, -0.05) is 39.5 Å². The Balaban J connectivity index is 2.21. The smallest absolute Gasteiger partial charge is 0.221 e. The van der Waals surface area contributed by atoms with Crippen molar-refractivity contribution in [1.29, 1.82) is 0 Å². The van der Waals surface area contributed by atoms with Crippen LogP contribution in [0.4, 0.5) is 0 Å². The maximum Gasteiger partial charge on any atom is 0.221 e. The first-order valence-electron chi connectivity index (χ1n) is 8.28. The summed E-state index contributed by atoms with van der Waals surface area (Å²) in [4.78, 5) is 14.4. The summed E-state index contributed by atoms with van der Waals surface area (Å²) in [5.74, 6) is 0.254. The number of amides is 1. The molecule has 19 heavy (non-hydrogen) atoms. The van der Waals surface area contributed by atoms with Gasteiger partial charge in [0, 0.05) is 19.0 Å². The summed E-state index contributed by atoms with van der Waals surface area (Å²) < 4.78 is 0. The standard InChI is InChI=1S/C16H32N2O/c1-3-12-18(13-4-2)14-11-16(19)17-15-9-7-5-6-8-10-15/h15H,3-14H2,1-2H3,(H,17,19). The van der Waals surface area contributed by atoms with Gasteiger partial charge in [0.05, 0.1) is 0 Å². The first-order valence-corrected chi connectivity index (χ1v) is 8.28. The average Bonchev–Trinajstić information content (AvgIpc) is 2.65. The molecule has 0 aliphatic heterocycles. The van der Waals surface area contributed by atoms with Crippen LogP contribution in [0.2, 0.25) is 0 Å². The zero-order valence-electron chi connectivity index (χ0n) is 12.9. The zero-order chi connectivity index (χ0) is 13.9. The molecule has 0 heterocycles. The number of rotatable bonds is 8. The van der Waals surface area contributed by atoms with Crippen molar-refractivity contribution in [3.8, 4) is 0 Å². The van der Waals surface area contributed by atoms with E-state index in [1.165, 1.54) is 51.4 Å². The molecule has 0 saturated heterocycles. The molecule has 1 fully saturated rings. The highest BCUT2D eigenvalue weighted by atomic mass is 16.1. The van der Waals surface area contributed by atoms with Gasteiger partial charge in [-0.3, -0.25) is 4.79 Å². The molecule has 0 bridgehead atoms. The fraction of sp³-hybridized carbons (Fsp3) is 0.938. The topological polar surface area (TPSA) is 32.3 Å². The number of nitrogens with one attached hydrogen (secondary N) is 1. The summed E-state index contributed by atoms with van der Waals surface area (Å²) in [5, 5.41) is 3.23. The second-order valence-corrected chi connectivity index (χ2v) is 5.85. The molecule has 112 valence electrons. The van der Waals surface area contributed by atoms with E-state index in [1.807, 2.05) is 0 Å². The molecule has 0 aromatic rings. The molecular formula is C16H32N2O. The van der Waals surface area contributed by atoms with Crippen LogP contribution in [0.1, 0.15) is 71.6 Å². The van der Waals surface area contributed by atoms with E-state index in [0.29, 0.717) is 12.5 Å². The van der Waals surface area contributed by atoms with Crippen molar-refractivity contribution in [2.24, 2.45) is 0 Å². The van der Waals surface area contributed by atoms with Crippen LogP contribution in [0.3, 0.4) is 0 Å². The molecule has 0 aromatic carbocycles. The van der Waals surface area contributed by atoms with Crippen molar-refractivity contribution < 1.29 is 4.79 Å². The van der Waals surface area contributed by atoms with Gasteiger partial charge in [0.2, 0.25) is 5.91 Å². The predicted octanol–water partition coefficient (Wildman–Crippen LogP) is 3.34. The Morgan fingerprint density at radius 2 is 1.58 bits per heavy atom. The van der Waals surface area contributed by atoms with E-state index in [4.69, 9.17) is 0 Å². The number of nitrogens with zero attached hydrogens (tertiary/aromatic N) is 1. The molecule has 3 heteroatoms. The first-order chi connectivity index (χ1) is 9.26. The summed E-state index contributed by atoms with van der Waals surface area (Å²) in [6.07, 6.45) is 10.6. The molecule has 1 saturated carbocycles.